The Bertz CT molecular complexity index is 625. The van der Waals surface area contributed by atoms with Gasteiger partial charge in [-0.3, -0.25) is 4.79 Å². The van der Waals surface area contributed by atoms with Crippen molar-refractivity contribution >= 4 is 11.9 Å². The van der Waals surface area contributed by atoms with Gasteiger partial charge in [0.05, 0.1) is 0 Å². The molecule has 0 aliphatic carbocycles. The molecule has 0 bridgehead atoms. The molecule has 0 saturated heterocycles. The predicted octanol–water partition coefficient (Wildman–Crippen LogP) is 2.93. The predicted molar refractivity (Wildman–Crippen MR) is 87.8 cm³/mol. The second-order valence-corrected chi connectivity index (χ2v) is 5.39. The molecule has 0 aliphatic heterocycles. The van der Waals surface area contributed by atoms with Gasteiger partial charge in [-0.25, -0.2) is 9.97 Å². The normalized spacial score (nSPS) is 11.8. The fraction of sp³-hybridized carbons (Fsp3) is 0.353. The van der Waals surface area contributed by atoms with Crippen LogP contribution in [0.2, 0.25) is 0 Å². The highest BCUT2D eigenvalue weighted by Gasteiger charge is 2.10. The Balaban J connectivity index is 1.99. The number of benzene rings is 1. The molecule has 0 fully saturated rings. The first-order chi connectivity index (χ1) is 10.6. The van der Waals surface area contributed by atoms with E-state index in [1.165, 1.54) is 5.56 Å². The fourth-order valence-corrected chi connectivity index (χ4v) is 1.86. The number of aromatic nitrogens is 2. The van der Waals surface area contributed by atoms with Crippen LogP contribution in [-0.4, -0.2) is 21.9 Å². The SMILES string of the molecule is CCC(C)NC(=O)c1ccnc(NCc2ccc(C)cc2)n1. The third-order valence-corrected chi connectivity index (χ3v) is 3.45. The number of aryl methyl sites for hydroxylation is 1. The molecule has 1 heterocycles. The molecule has 1 unspecified atom stereocenters. The van der Waals surface area contributed by atoms with Crippen molar-refractivity contribution in [2.45, 2.75) is 39.8 Å². The minimum atomic E-state index is -0.171. The molecule has 1 amide bonds. The largest absolute Gasteiger partial charge is 0.350 e. The lowest BCUT2D eigenvalue weighted by atomic mass is 10.1. The number of anilines is 1. The van der Waals surface area contributed by atoms with Crippen LogP contribution in [0.25, 0.3) is 0 Å². The second kappa shape index (κ2) is 7.54. The Morgan fingerprint density at radius 2 is 1.95 bits per heavy atom. The molecule has 0 aliphatic rings. The highest BCUT2D eigenvalue weighted by Crippen LogP contribution is 2.07. The summed E-state index contributed by atoms with van der Waals surface area (Å²) in [6.07, 6.45) is 2.48. The third kappa shape index (κ3) is 4.55. The molecule has 2 rings (SSSR count). The van der Waals surface area contributed by atoms with Gasteiger partial charge >= 0.3 is 0 Å². The number of rotatable bonds is 6. The van der Waals surface area contributed by atoms with Gasteiger partial charge in [0.1, 0.15) is 5.69 Å². The molecule has 5 nitrogen and oxygen atoms in total. The van der Waals surface area contributed by atoms with Gasteiger partial charge in [-0.2, -0.15) is 0 Å². The summed E-state index contributed by atoms with van der Waals surface area (Å²) in [5.41, 5.74) is 2.74. The minimum Gasteiger partial charge on any atom is -0.350 e. The molecule has 0 saturated carbocycles. The smallest absolute Gasteiger partial charge is 0.270 e. The van der Waals surface area contributed by atoms with Crippen molar-refractivity contribution in [3.8, 4) is 0 Å². The van der Waals surface area contributed by atoms with Gasteiger partial charge in [0.25, 0.3) is 5.91 Å². The van der Waals surface area contributed by atoms with E-state index in [-0.39, 0.29) is 11.9 Å². The van der Waals surface area contributed by atoms with Crippen molar-refractivity contribution in [1.29, 1.82) is 0 Å². The van der Waals surface area contributed by atoms with E-state index >= 15 is 0 Å². The van der Waals surface area contributed by atoms with E-state index in [9.17, 15) is 4.79 Å². The van der Waals surface area contributed by atoms with Crippen LogP contribution in [0.1, 0.15) is 41.9 Å². The summed E-state index contributed by atoms with van der Waals surface area (Å²) in [6.45, 7) is 6.67. The van der Waals surface area contributed by atoms with E-state index in [1.54, 1.807) is 12.3 Å². The van der Waals surface area contributed by atoms with E-state index in [0.717, 1.165) is 12.0 Å². The molecule has 2 N–H and O–H groups in total. The molecule has 116 valence electrons. The number of hydrogen-bond acceptors (Lipinski definition) is 4. The van der Waals surface area contributed by atoms with Gasteiger partial charge in [-0.15, -0.1) is 0 Å². The Morgan fingerprint density at radius 3 is 2.64 bits per heavy atom. The molecule has 1 aromatic heterocycles. The summed E-state index contributed by atoms with van der Waals surface area (Å²) in [5, 5.41) is 6.04. The second-order valence-electron chi connectivity index (χ2n) is 5.39. The third-order valence-electron chi connectivity index (χ3n) is 3.45. The number of carbonyl (C=O) groups is 1. The maximum absolute atomic E-state index is 12.0. The number of carbonyl (C=O) groups excluding carboxylic acids is 1. The van der Waals surface area contributed by atoms with Crippen molar-refractivity contribution in [2.24, 2.45) is 0 Å². The van der Waals surface area contributed by atoms with Gasteiger partial charge in [0, 0.05) is 18.8 Å². The van der Waals surface area contributed by atoms with Crippen LogP contribution in [0.3, 0.4) is 0 Å². The summed E-state index contributed by atoms with van der Waals surface area (Å²) in [5.74, 6) is 0.285. The van der Waals surface area contributed by atoms with E-state index in [4.69, 9.17) is 0 Å². The first-order valence-electron chi connectivity index (χ1n) is 7.52. The van der Waals surface area contributed by atoms with Crippen LogP contribution in [0.5, 0.6) is 0 Å². The van der Waals surface area contributed by atoms with E-state index in [2.05, 4.69) is 51.8 Å². The number of nitrogens with one attached hydrogen (secondary N) is 2. The molecule has 5 heteroatoms. The van der Waals surface area contributed by atoms with Gasteiger partial charge in [0.2, 0.25) is 5.95 Å². The van der Waals surface area contributed by atoms with Crippen LogP contribution >= 0.6 is 0 Å². The number of hydrogen-bond donors (Lipinski definition) is 2. The molecule has 2 aromatic rings. The average Bonchev–Trinajstić information content (AvgIpc) is 2.54. The van der Waals surface area contributed by atoms with Crippen LogP contribution in [-0.2, 0) is 6.54 Å². The van der Waals surface area contributed by atoms with E-state index < -0.39 is 0 Å². The molecule has 1 aromatic carbocycles. The van der Waals surface area contributed by atoms with Crippen molar-refractivity contribution in [2.75, 3.05) is 5.32 Å². The van der Waals surface area contributed by atoms with E-state index in [0.29, 0.717) is 18.2 Å². The average molecular weight is 298 g/mol. The molecular formula is C17H22N4O. The molecule has 0 spiro atoms. The highest BCUT2D eigenvalue weighted by molar-refractivity contribution is 5.92. The quantitative estimate of drug-likeness (QED) is 0.860. The van der Waals surface area contributed by atoms with Crippen molar-refractivity contribution in [3.05, 3.63) is 53.3 Å². The summed E-state index contributed by atoms with van der Waals surface area (Å²) in [7, 11) is 0. The zero-order chi connectivity index (χ0) is 15.9. The zero-order valence-electron chi connectivity index (χ0n) is 13.3. The van der Waals surface area contributed by atoms with Crippen molar-refractivity contribution < 1.29 is 4.79 Å². The van der Waals surface area contributed by atoms with Crippen LogP contribution in [0.4, 0.5) is 5.95 Å². The topological polar surface area (TPSA) is 66.9 Å². The lowest BCUT2D eigenvalue weighted by Crippen LogP contribution is -2.32. The first-order valence-corrected chi connectivity index (χ1v) is 7.52. The fourth-order valence-electron chi connectivity index (χ4n) is 1.86. The van der Waals surface area contributed by atoms with Crippen LogP contribution < -0.4 is 10.6 Å². The number of nitrogens with zero attached hydrogens (tertiary/aromatic N) is 2. The molecular weight excluding hydrogens is 276 g/mol. The Kier molecular flexibility index (Phi) is 5.47. The molecule has 22 heavy (non-hydrogen) atoms. The van der Waals surface area contributed by atoms with Crippen LogP contribution in [0, 0.1) is 6.92 Å². The van der Waals surface area contributed by atoms with Crippen molar-refractivity contribution in [3.63, 3.8) is 0 Å². The Labute approximate surface area is 131 Å². The van der Waals surface area contributed by atoms with Gasteiger partial charge in [-0.1, -0.05) is 36.8 Å². The molecule has 1 atom stereocenters. The molecule has 0 radical (unpaired) electrons. The summed E-state index contributed by atoms with van der Waals surface area (Å²) >= 11 is 0. The lowest BCUT2D eigenvalue weighted by Gasteiger charge is -2.11. The standard InChI is InChI=1S/C17H22N4O/c1-4-13(3)20-16(22)15-9-10-18-17(21-15)19-11-14-7-5-12(2)6-8-14/h5-10,13H,4,11H2,1-3H3,(H,20,22)(H,18,19,21). The first kappa shape index (κ1) is 15.9. The monoisotopic (exact) mass is 298 g/mol. The maximum Gasteiger partial charge on any atom is 0.270 e. The van der Waals surface area contributed by atoms with E-state index in [1.807, 2.05) is 13.8 Å². The van der Waals surface area contributed by atoms with Gasteiger partial charge in [-0.05, 0) is 31.9 Å². The van der Waals surface area contributed by atoms with Gasteiger partial charge in [0.15, 0.2) is 0 Å². The van der Waals surface area contributed by atoms with Crippen LogP contribution in [0.15, 0.2) is 36.5 Å². The summed E-state index contributed by atoms with van der Waals surface area (Å²) in [4.78, 5) is 20.5. The maximum atomic E-state index is 12.0. The van der Waals surface area contributed by atoms with Crippen molar-refractivity contribution in [1.82, 2.24) is 15.3 Å². The highest BCUT2D eigenvalue weighted by atomic mass is 16.1. The lowest BCUT2D eigenvalue weighted by molar-refractivity contribution is 0.0934. The minimum absolute atomic E-state index is 0.131. The summed E-state index contributed by atoms with van der Waals surface area (Å²) in [6, 6.07) is 9.99. The Morgan fingerprint density at radius 1 is 1.23 bits per heavy atom. The Hall–Kier alpha value is -2.43. The zero-order valence-corrected chi connectivity index (χ0v) is 13.3. The number of amides is 1. The van der Waals surface area contributed by atoms with Gasteiger partial charge < -0.3 is 10.6 Å². The summed E-state index contributed by atoms with van der Waals surface area (Å²) < 4.78 is 0.